The second-order valence-corrected chi connectivity index (χ2v) is 5.97. The van der Waals surface area contributed by atoms with Gasteiger partial charge in [0.15, 0.2) is 0 Å². The Bertz CT molecular complexity index is 824. The molecular formula is C18H20N6. The summed E-state index contributed by atoms with van der Waals surface area (Å²) in [6, 6.07) is 16.2. The lowest BCUT2D eigenvalue weighted by molar-refractivity contribution is 0.232. The highest BCUT2D eigenvalue weighted by atomic mass is 15.5. The fraction of sp³-hybridized carbons (Fsp3) is 0.333. The summed E-state index contributed by atoms with van der Waals surface area (Å²) in [5.41, 5.74) is 3.68. The van der Waals surface area contributed by atoms with Gasteiger partial charge in [-0.15, -0.1) is 0 Å². The van der Waals surface area contributed by atoms with E-state index < -0.39 is 0 Å². The van der Waals surface area contributed by atoms with E-state index in [0.717, 1.165) is 34.9 Å². The van der Waals surface area contributed by atoms with Crippen molar-refractivity contribution in [3.8, 4) is 0 Å². The number of hydrogen-bond acceptors (Lipinski definition) is 4. The van der Waals surface area contributed by atoms with E-state index in [0.29, 0.717) is 0 Å². The molecule has 0 fully saturated rings. The molecule has 122 valence electrons. The van der Waals surface area contributed by atoms with Crippen LogP contribution in [0.15, 0.2) is 48.5 Å². The summed E-state index contributed by atoms with van der Waals surface area (Å²) in [5, 5.41) is 18.7. The van der Waals surface area contributed by atoms with Crippen LogP contribution in [0.3, 0.4) is 0 Å². The van der Waals surface area contributed by atoms with Crippen molar-refractivity contribution in [3.63, 3.8) is 0 Å². The number of nitrogens with zero attached hydrogens (tertiary/aromatic N) is 6. The zero-order valence-corrected chi connectivity index (χ0v) is 13.9. The van der Waals surface area contributed by atoms with Crippen LogP contribution in [0.4, 0.5) is 0 Å². The number of rotatable bonds is 5. The van der Waals surface area contributed by atoms with Crippen molar-refractivity contribution in [3.05, 3.63) is 48.5 Å². The highest BCUT2D eigenvalue weighted by Gasteiger charge is 2.26. The highest BCUT2D eigenvalue weighted by molar-refractivity contribution is 5.73. The molecule has 0 unspecified atom stereocenters. The zero-order chi connectivity index (χ0) is 16.5. The first-order valence-electron chi connectivity index (χ1n) is 8.43. The Hall–Kier alpha value is -2.76. The third kappa shape index (κ3) is 2.44. The second kappa shape index (κ2) is 6.03. The van der Waals surface area contributed by atoms with Crippen LogP contribution in [0.25, 0.3) is 22.1 Å². The first-order valence-corrected chi connectivity index (χ1v) is 8.43. The largest absolute Gasteiger partial charge is 0.178 e. The minimum Gasteiger partial charge on any atom is -0.178 e. The summed E-state index contributed by atoms with van der Waals surface area (Å²) >= 11 is 0. The Kier molecular flexibility index (Phi) is 3.72. The summed E-state index contributed by atoms with van der Waals surface area (Å²) in [7, 11) is 0. The van der Waals surface area contributed by atoms with Crippen molar-refractivity contribution in [2.24, 2.45) is 0 Å². The van der Waals surface area contributed by atoms with E-state index in [4.69, 9.17) is 0 Å². The van der Waals surface area contributed by atoms with Gasteiger partial charge in [-0.05, 0) is 37.1 Å². The average Bonchev–Trinajstić information content (AvgIpc) is 3.22. The first-order chi connectivity index (χ1) is 11.8. The molecule has 2 aromatic carbocycles. The van der Waals surface area contributed by atoms with Gasteiger partial charge in [0.25, 0.3) is 0 Å². The topological polar surface area (TPSA) is 61.4 Å². The van der Waals surface area contributed by atoms with Gasteiger partial charge in [0.2, 0.25) is 0 Å². The van der Waals surface area contributed by atoms with Crippen molar-refractivity contribution in [1.29, 1.82) is 0 Å². The van der Waals surface area contributed by atoms with E-state index in [-0.39, 0.29) is 12.1 Å². The number of hydrogen-bond donors (Lipinski definition) is 0. The van der Waals surface area contributed by atoms with Gasteiger partial charge in [0.1, 0.15) is 22.1 Å². The zero-order valence-electron chi connectivity index (χ0n) is 13.9. The average molecular weight is 320 g/mol. The van der Waals surface area contributed by atoms with Gasteiger partial charge in [0, 0.05) is 0 Å². The van der Waals surface area contributed by atoms with E-state index in [1.54, 1.807) is 0 Å². The lowest BCUT2D eigenvalue weighted by Gasteiger charge is -2.23. The normalized spacial score (nSPS) is 14.2. The standard InChI is InChI=1S/C18H20N6/c1-3-17(23-19-13-9-5-6-10-14(13)20-23)18(4-2)24-21-15-11-7-8-12-16(15)22-24/h5-12,17-18H,3-4H2,1-2H3/t17-,18+. The van der Waals surface area contributed by atoms with E-state index in [9.17, 15) is 0 Å². The van der Waals surface area contributed by atoms with Gasteiger partial charge in [-0.3, -0.25) is 0 Å². The second-order valence-electron chi connectivity index (χ2n) is 5.97. The summed E-state index contributed by atoms with van der Waals surface area (Å²) in [6.45, 7) is 4.31. The van der Waals surface area contributed by atoms with Gasteiger partial charge < -0.3 is 0 Å². The molecule has 24 heavy (non-hydrogen) atoms. The van der Waals surface area contributed by atoms with Gasteiger partial charge >= 0.3 is 0 Å². The quantitative estimate of drug-likeness (QED) is 0.561. The maximum Gasteiger partial charge on any atom is 0.113 e. The Morgan fingerprint density at radius 1 is 0.625 bits per heavy atom. The molecule has 4 aromatic rings. The Morgan fingerprint density at radius 3 is 1.17 bits per heavy atom. The Labute approximate surface area is 140 Å². The van der Waals surface area contributed by atoms with Crippen molar-refractivity contribution < 1.29 is 0 Å². The summed E-state index contributed by atoms with van der Waals surface area (Å²) in [5.74, 6) is 0. The number of benzene rings is 2. The van der Waals surface area contributed by atoms with Crippen LogP contribution in [-0.4, -0.2) is 30.0 Å². The van der Waals surface area contributed by atoms with Gasteiger partial charge in [-0.25, -0.2) is 0 Å². The predicted octanol–water partition coefficient (Wildman–Crippen LogP) is 3.78. The van der Waals surface area contributed by atoms with E-state index in [1.165, 1.54) is 0 Å². The van der Waals surface area contributed by atoms with Crippen LogP contribution in [0, 0.1) is 0 Å². The maximum absolute atomic E-state index is 4.67. The van der Waals surface area contributed by atoms with Gasteiger partial charge in [-0.1, -0.05) is 38.1 Å². The van der Waals surface area contributed by atoms with Crippen LogP contribution in [-0.2, 0) is 0 Å². The molecule has 0 aliphatic heterocycles. The number of fused-ring (bicyclic) bond motifs is 2. The minimum atomic E-state index is 0.115. The van der Waals surface area contributed by atoms with Crippen LogP contribution >= 0.6 is 0 Å². The van der Waals surface area contributed by atoms with Crippen LogP contribution in [0.2, 0.25) is 0 Å². The monoisotopic (exact) mass is 320 g/mol. The summed E-state index contributed by atoms with van der Waals surface area (Å²) in [4.78, 5) is 3.68. The summed E-state index contributed by atoms with van der Waals surface area (Å²) < 4.78 is 0. The van der Waals surface area contributed by atoms with Crippen molar-refractivity contribution >= 4 is 22.1 Å². The van der Waals surface area contributed by atoms with Crippen LogP contribution in [0.5, 0.6) is 0 Å². The third-order valence-corrected chi connectivity index (χ3v) is 4.48. The highest BCUT2D eigenvalue weighted by Crippen LogP contribution is 2.29. The maximum atomic E-state index is 4.67. The fourth-order valence-corrected chi connectivity index (χ4v) is 3.23. The van der Waals surface area contributed by atoms with Crippen molar-refractivity contribution in [1.82, 2.24) is 30.0 Å². The molecule has 0 aliphatic carbocycles. The molecule has 2 heterocycles. The molecule has 0 saturated heterocycles. The Balaban J connectivity index is 1.76. The summed E-state index contributed by atoms with van der Waals surface area (Å²) in [6.07, 6.45) is 1.83. The lowest BCUT2D eigenvalue weighted by Crippen LogP contribution is -2.25. The molecule has 6 nitrogen and oxygen atoms in total. The van der Waals surface area contributed by atoms with Crippen LogP contribution in [0.1, 0.15) is 38.8 Å². The van der Waals surface area contributed by atoms with Gasteiger partial charge in [0.05, 0.1) is 12.1 Å². The molecule has 0 radical (unpaired) electrons. The Morgan fingerprint density at radius 2 is 0.917 bits per heavy atom. The van der Waals surface area contributed by atoms with Gasteiger partial charge in [-0.2, -0.15) is 30.0 Å². The van der Waals surface area contributed by atoms with E-state index in [1.807, 2.05) is 58.1 Å². The molecule has 0 aliphatic rings. The molecule has 0 N–H and O–H groups in total. The smallest absolute Gasteiger partial charge is 0.113 e. The molecule has 2 atom stereocenters. The van der Waals surface area contributed by atoms with Crippen LogP contribution < -0.4 is 0 Å². The molecule has 0 spiro atoms. The molecule has 2 aromatic heterocycles. The third-order valence-electron chi connectivity index (χ3n) is 4.48. The SMILES string of the molecule is CC[C@H]([C@H](CC)n1nc2ccccc2n1)n1nc2ccccc2n1. The molecular weight excluding hydrogens is 300 g/mol. The minimum absolute atomic E-state index is 0.115. The fourth-order valence-electron chi connectivity index (χ4n) is 3.23. The molecule has 0 amide bonds. The van der Waals surface area contributed by atoms with Crippen molar-refractivity contribution in [2.75, 3.05) is 0 Å². The number of aromatic nitrogens is 6. The molecule has 6 heteroatoms. The molecule has 0 saturated carbocycles. The lowest BCUT2D eigenvalue weighted by atomic mass is 10.0. The van der Waals surface area contributed by atoms with E-state index >= 15 is 0 Å². The van der Waals surface area contributed by atoms with E-state index in [2.05, 4.69) is 34.2 Å². The first kappa shape index (κ1) is 14.8. The molecule has 0 bridgehead atoms. The van der Waals surface area contributed by atoms with Crippen molar-refractivity contribution in [2.45, 2.75) is 38.8 Å². The molecule has 4 rings (SSSR count). The predicted molar refractivity (Wildman–Crippen MR) is 93.7 cm³/mol.